The minimum atomic E-state index is -0.866. The lowest BCUT2D eigenvalue weighted by molar-refractivity contribution is -0.298. The largest absolute Gasteiger partial charge is 0.394 e. The normalized spacial score (nSPS) is 37.0. The fourth-order valence-electron chi connectivity index (χ4n) is 3.75. The van der Waals surface area contributed by atoms with Gasteiger partial charge in [-0.05, 0) is 44.4 Å². The molecule has 2 rings (SSSR count). The quantitative estimate of drug-likeness (QED) is 0.470. The summed E-state index contributed by atoms with van der Waals surface area (Å²) in [6.45, 7) is 5.43. The molecule has 23 heavy (non-hydrogen) atoms. The monoisotopic (exact) mass is 328 g/mol. The molecule has 0 radical (unpaired) electrons. The van der Waals surface area contributed by atoms with E-state index in [9.17, 15) is 15.3 Å². The highest BCUT2D eigenvalue weighted by atomic mass is 16.7. The van der Waals surface area contributed by atoms with E-state index in [1.807, 2.05) is 13.0 Å². The Labute approximate surface area is 139 Å². The van der Waals surface area contributed by atoms with Crippen LogP contribution in [0.1, 0.15) is 58.3 Å². The molecule has 3 N–H and O–H groups in total. The van der Waals surface area contributed by atoms with Gasteiger partial charge in [-0.1, -0.05) is 13.0 Å². The van der Waals surface area contributed by atoms with Crippen molar-refractivity contribution < 1.29 is 24.8 Å². The van der Waals surface area contributed by atoms with Crippen molar-refractivity contribution in [2.24, 2.45) is 5.92 Å². The fourth-order valence-corrected chi connectivity index (χ4v) is 3.75. The fraction of sp³-hybridized carbons (Fsp3) is 0.889. The SMILES string of the molecule is C=CCCC[C@H](O)C[C@@H]1CCC2(CCC(C)C([C@H](O)CO)O2)O1. The average molecular weight is 328 g/mol. The number of aliphatic hydroxyl groups excluding tert-OH is 3. The molecule has 5 heteroatoms. The second-order valence-electron chi connectivity index (χ2n) is 7.15. The van der Waals surface area contributed by atoms with Gasteiger partial charge in [0, 0.05) is 12.8 Å². The lowest BCUT2D eigenvalue weighted by Gasteiger charge is -2.43. The first-order chi connectivity index (χ1) is 11.0. The zero-order valence-corrected chi connectivity index (χ0v) is 14.2. The molecule has 5 nitrogen and oxygen atoms in total. The molecule has 2 heterocycles. The van der Waals surface area contributed by atoms with Crippen LogP contribution >= 0.6 is 0 Å². The summed E-state index contributed by atoms with van der Waals surface area (Å²) >= 11 is 0. The van der Waals surface area contributed by atoms with Crippen molar-refractivity contribution in [3.05, 3.63) is 12.7 Å². The average Bonchev–Trinajstić information content (AvgIpc) is 2.92. The van der Waals surface area contributed by atoms with Crippen molar-refractivity contribution in [3.63, 3.8) is 0 Å². The Morgan fingerprint density at radius 1 is 1.26 bits per heavy atom. The zero-order chi connectivity index (χ0) is 16.9. The van der Waals surface area contributed by atoms with Gasteiger partial charge in [-0.15, -0.1) is 6.58 Å². The number of aliphatic hydroxyl groups is 3. The Hall–Kier alpha value is -0.460. The molecule has 0 aromatic rings. The lowest BCUT2D eigenvalue weighted by atomic mass is 9.88. The van der Waals surface area contributed by atoms with Crippen molar-refractivity contribution in [1.82, 2.24) is 0 Å². The van der Waals surface area contributed by atoms with Crippen LogP contribution in [0.5, 0.6) is 0 Å². The summed E-state index contributed by atoms with van der Waals surface area (Å²) in [5.74, 6) is -0.436. The summed E-state index contributed by atoms with van der Waals surface area (Å²) in [5, 5.41) is 29.3. The van der Waals surface area contributed by atoms with Crippen LogP contribution in [-0.4, -0.2) is 52.1 Å². The summed E-state index contributed by atoms with van der Waals surface area (Å²) in [6, 6.07) is 0. The molecule has 0 saturated carbocycles. The molecular weight excluding hydrogens is 296 g/mol. The van der Waals surface area contributed by atoms with Gasteiger partial charge in [-0.2, -0.15) is 0 Å². The molecule has 2 aliphatic heterocycles. The summed E-state index contributed by atoms with van der Waals surface area (Å²) in [7, 11) is 0. The topological polar surface area (TPSA) is 79.2 Å². The van der Waals surface area contributed by atoms with Crippen molar-refractivity contribution in [2.45, 2.75) is 88.5 Å². The third-order valence-corrected chi connectivity index (χ3v) is 5.17. The Balaban J connectivity index is 1.84. The summed E-state index contributed by atoms with van der Waals surface area (Å²) in [5.41, 5.74) is 0. The Morgan fingerprint density at radius 2 is 2.00 bits per heavy atom. The number of hydrogen-bond donors (Lipinski definition) is 3. The lowest BCUT2D eigenvalue weighted by Crippen LogP contribution is -2.50. The molecule has 0 bridgehead atoms. The molecule has 2 saturated heterocycles. The second-order valence-corrected chi connectivity index (χ2v) is 7.15. The second kappa shape index (κ2) is 8.58. The molecule has 0 aliphatic carbocycles. The van der Waals surface area contributed by atoms with Crippen LogP contribution in [0.2, 0.25) is 0 Å². The zero-order valence-electron chi connectivity index (χ0n) is 14.2. The minimum Gasteiger partial charge on any atom is -0.394 e. The van der Waals surface area contributed by atoms with Gasteiger partial charge in [0.2, 0.25) is 0 Å². The molecule has 6 atom stereocenters. The molecule has 2 aliphatic rings. The first kappa shape index (κ1) is 18.9. The van der Waals surface area contributed by atoms with E-state index >= 15 is 0 Å². The van der Waals surface area contributed by atoms with Gasteiger partial charge in [-0.3, -0.25) is 0 Å². The van der Waals surface area contributed by atoms with Gasteiger partial charge in [-0.25, -0.2) is 0 Å². The number of ether oxygens (including phenoxy) is 2. The maximum Gasteiger partial charge on any atom is 0.169 e. The van der Waals surface area contributed by atoms with Crippen molar-refractivity contribution in [3.8, 4) is 0 Å². The molecule has 134 valence electrons. The maximum atomic E-state index is 10.1. The summed E-state index contributed by atoms with van der Waals surface area (Å²) in [4.78, 5) is 0. The highest BCUT2D eigenvalue weighted by molar-refractivity contribution is 4.90. The van der Waals surface area contributed by atoms with Gasteiger partial charge in [0.15, 0.2) is 5.79 Å². The molecule has 0 amide bonds. The van der Waals surface area contributed by atoms with E-state index in [0.29, 0.717) is 6.42 Å². The first-order valence-electron chi connectivity index (χ1n) is 8.93. The van der Waals surface area contributed by atoms with Gasteiger partial charge in [0.25, 0.3) is 0 Å². The van der Waals surface area contributed by atoms with Crippen molar-refractivity contribution >= 4 is 0 Å². The smallest absolute Gasteiger partial charge is 0.169 e. The molecule has 3 unspecified atom stereocenters. The summed E-state index contributed by atoms with van der Waals surface area (Å²) in [6.07, 6.45) is 6.93. The van der Waals surface area contributed by atoms with Crippen molar-refractivity contribution in [1.29, 1.82) is 0 Å². The molecular formula is C18H32O5. The standard InChI is InChI=1S/C18H32O5/c1-3-4-5-6-14(20)11-15-8-10-18(22-15)9-7-13(2)17(23-18)16(21)12-19/h3,13-17,19-21H,1,4-12H2,2H3/t13?,14-,15-,16+,17?,18?/m0/s1. The van der Waals surface area contributed by atoms with Crippen molar-refractivity contribution in [2.75, 3.05) is 6.61 Å². The van der Waals surface area contributed by atoms with E-state index in [1.54, 1.807) is 0 Å². The molecule has 0 aromatic carbocycles. The maximum absolute atomic E-state index is 10.1. The number of unbranched alkanes of at least 4 members (excludes halogenated alkanes) is 1. The van der Waals surface area contributed by atoms with Crippen LogP contribution in [0.15, 0.2) is 12.7 Å². The van der Waals surface area contributed by atoms with Gasteiger partial charge in [0.05, 0.1) is 24.9 Å². The van der Waals surface area contributed by atoms with E-state index in [-0.39, 0.29) is 30.8 Å². The Morgan fingerprint density at radius 3 is 2.70 bits per heavy atom. The molecule has 2 fully saturated rings. The molecule has 0 aromatic heterocycles. The van der Waals surface area contributed by atoms with E-state index in [1.165, 1.54) is 0 Å². The predicted molar refractivity (Wildman–Crippen MR) is 87.9 cm³/mol. The van der Waals surface area contributed by atoms with Crippen LogP contribution in [0.3, 0.4) is 0 Å². The third kappa shape index (κ3) is 5.00. The van der Waals surface area contributed by atoms with Crippen LogP contribution in [0.25, 0.3) is 0 Å². The van der Waals surface area contributed by atoms with Crippen LogP contribution in [-0.2, 0) is 9.47 Å². The molecule has 1 spiro atoms. The highest BCUT2D eigenvalue weighted by Gasteiger charge is 2.48. The minimum absolute atomic E-state index is 0.00839. The third-order valence-electron chi connectivity index (χ3n) is 5.17. The predicted octanol–water partition coefficient (Wildman–Crippen LogP) is 2.14. The number of allylic oxidation sites excluding steroid dienone is 1. The van der Waals surface area contributed by atoms with Gasteiger partial charge >= 0.3 is 0 Å². The van der Waals surface area contributed by atoms with Gasteiger partial charge in [0.1, 0.15) is 6.10 Å². The first-order valence-corrected chi connectivity index (χ1v) is 8.93. The number of hydrogen-bond acceptors (Lipinski definition) is 5. The highest BCUT2D eigenvalue weighted by Crippen LogP contribution is 2.44. The van der Waals surface area contributed by atoms with Crippen LogP contribution in [0.4, 0.5) is 0 Å². The Kier molecular flexibility index (Phi) is 7.04. The van der Waals surface area contributed by atoms with E-state index in [2.05, 4.69) is 6.58 Å². The van der Waals surface area contributed by atoms with Gasteiger partial charge < -0.3 is 24.8 Å². The van der Waals surface area contributed by atoms with E-state index in [4.69, 9.17) is 9.47 Å². The van der Waals surface area contributed by atoms with Crippen LogP contribution in [0, 0.1) is 5.92 Å². The van der Waals surface area contributed by atoms with E-state index in [0.717, 1.165) is 44.9 Å². The summed E-state index contributed by atoms with van der Waals surface area (Å²) < 4.78 is 12.2. The Bertz CT molecular complexity index is 370. The number of rotatable bonds is 8. The van der Waals surface area contributed by atoms with Crippen LogP contribution < -0.4 is 0 Å². The van der Waals surface area contributed by atoms with E-state index < -0.39 is 11.9 Å².